The number of benzene rings is 1. The Morgan fingerprint density at radius 2 is 2.11 bits per heavy atom. The monoisotopic (exact) mass is 260 g/mol. The molecule has 0 fully saturated rings. The van der Waals surface area contributed by atoms with E-state index in [1.54, 1.807) is 0 Å². The number of hydrogen-bond donors (Lipinski definition) is 2. The van der Waals surface area contributed by atoms with Crippen LogP contribution in [0.5, 0.6) is 0 Å². The number of carbonyl (C=O) groups is 1. The molecule has 2 N–H and O–H groups in total. The Labute approximate surface area is 115 Å². The summed E-state index contributed by atoms with van der Waals surface area (Å²) >= 11 is 0. The molecule has 0 saturated heterocycles. The first-order valence-electron chi connectivity index (χ1n) is 7.27. The third-order valence-electron chi connectivity index (χ3n) is 3.66. The molecule has 0 saturated carbocycles. The van der Waals surface area contributed by atoms with Crippen molar-refractivity contribution in [2.45, 2.75) is 45.1 Å². The highest BCUT2D eigenvalue weighted by atomic mass is 16.1. The Bertz CT molecular complexity index is 429. The second-order valence-electron chi connectivity index (χ2n) is 5.54. The fourth-order valence-corrected chi connectivity index (χ4v) is 2.70. The summed E-state index contributed by atoms with van der Waals surface area (Å²) in [6.07, 6.45) is 3.19. The molecule has 19 heavy (non-hydrogen) atoms. The standard InChI is InChI=1S/C16H24N2O/c1-12(2)17-10-11-18-16(19)15-9-5-7-13-6-3-4-8-14(13)15/h3-4,6,8,12,15,17H,5,7,9-11H2,1-2H3,(H,18,19). The van der Waals surface area contributed by atoms with Crippen LogP contribution in [0.15, 0.2) is 24.3 Å². The van der Waals surface area contributed by atoms with Crippen molar-refractivity contribution in [3.8, 4) is 0 Å². The third kappa shape index (κ3) is 3.80. The molecule has 0 aromatic heterocycles. The highest BCUT2D eigenvalue weighted by Crippen LogP contribution is 2.31. The Hall–Kier alpha value is -1.35. The largest absolute Gasteiger partial charge is 0.354 e. The number of hydrogen-bond acceptors (Lipinski definition) is 2. The lowest BCUT2D eigenvalue weighted by Crippen LogP contribution is -2.37. The maximum atomic E-state index is 12.3. The lowest BCUT2D eigenvalue weighted by molar-refractivity contribution is -0.122. The van der Waals surface area contributed by atoms with Crippen LogP contribution < -0.4 is 10.6 Å². The molecule has 1 aliphatic rings. The summed E-state index contributed by atoms with van der Waals surface area (Å²) in [6, 6.07) is 8.81. The second-order valence-corrected chi connectivity index (χ2v) is 5.54. The van der Waals surface area contributed by atoms with E-state index in [4.69, 9.17) is 0 Å². The molecule has 104 valence electrons. The van der Waals surface area contributed by atoms with E-state index < -0.39 is 0 Å². The number of rotatable bonds is 5. The van der Waals surface area contributed by atoms with Gasteiger partial charge in [-0.25, -0.2) is 0 Å². The zero-order chi connectivity index (χ0) is 13.7. The van der Waals surface area contributed by atoms with E-state index in [9.17, 15) is 4.79 Å². The first-order valence-corrected chi connectivity index (χ1v) is 7.27. The first-order chi connectivity index (χ1) is 9.18. The molecule has 1 aromatic carbocycles. The van der Waals surface area contributed by atoms with Gasteiger partial charge in [-0.1, -0.05) is 38.1 Å². The summed E-state index contributed by atoms with van der Waals surface area (Å²) in [4.78, 5) is 12.3. The van der Waals surface area contributed by atoms with Gasteiger partial charge in [0.25, 0.3) is 0 Å². The van der Waals surface area contributed by atoms with Crippen molar-refractivity contribution in [3.63, 3.8) is 0 Å². The fourth-order valence-electron chi connectivity index (χ4n) is 2.70. The molecular formula is C16H24N2O. The molecule has 0 heterocycles. The van der Waals surface area contributed by atoms with Gasteiger partial charge in [-0.3, -0.25) is 4.79 Å². The molecule has 0 bridgehead atoms. The van der Waals surface area contributed by atoms with Crippen LogP contribution in [-0.2, 0) is 11.2 Å². The van der Waals surface area contributed by atoms with Crippen LogP contribution in [0.4, 0.5) is 0 Å². The van der Waals surface area contributed by atoms with Crippen LogP contribution in [0.25, 0.3) is 0 Å². The van der Waals surface area contributed by atoms with Gasteiger partial charge in [-0.15, -0.1) is 0 Å². The van der Waals surface area contributed by atoms with Crippen molar-refractivity contribution in [1.82, 2.24) is 10.6 Å². The quantitative estimate of drug-likeness (QED) is 0.797. The molecule has 1 aromatic rings. The van der Waals surface area contributed by atoms with Gasteiger partial charge in [0, 0.05) is 19.1 Å². The van der Waals surface area contributed by atoms with E-state index in [0.29, 0.717) is 12.6 Å². The van der Waals surface area contributed by atoms with Crippen LogP contribution in [0.2, 0.25) is 0 Å². The lowest BCUT2D eigenvalue weighted by Gasteiger charge is -2.24. The van der Waals surface area contributed by atoms with Crippen LogP contribution in [0, 0.1) is 0 Å². The molecule has 3 nitrogen and oxygen atoms in total. The van der Waals surface area contributed by atoms with E-state index in [0.717, 1.165) is 25.8 Å². The SMILES string of the molecule is CC(C)NCCNC(=O)C1CCCc2ccccc21. The normalized spacial score (nSPS) is 18.2. The minimum absolute atomic E-state index is 0.0454. The highest BCUT2D eigenvalue weighted by molar-refractivity contribution is 5.84. The Morgan fingerprint density at radius 3 is 2.89 bits per heavy atom. The number of aryl methyl sites for hydroxylation is 1. The van der Waals surface area contributed by atoms with E-state index in [1.807, 2.05) is 6.07 Å². The minimum atomic E-state index is 0.0454. The van der Waals surface area contributed by atoms with Gasteiger partial charge in [-0.05, 0) is 30.4 Å². The maximum Gasteiger partial charge on any atom is 0.227 e. The predicted octanol–water partition coefficient (Wildman–Crippen LogP) is 2.22. The van der Waals surface area contributed by atoms with E-state index in [2.05, 4.69) is 42.7 Å². The zero-order valence-corrected chi connectivity index (χ0v) is 11.9. The molecule has 1 amide bonds. The average Bonchev–Trinajstić information content (AvgIpc) is 2.42. The van der Waals surface area contributed by atoms with Gasteiger partial charge in [0.2, 0.25) is 5.91 Å². The molecule has 1 atom stereocenters. The van der Waals surface area contributed by atoms with Crippen molar-refractivity contribution in [2.24, 2.45) is 0 Å². The van der Waals surface area contributed by atoms with Crippen LogP contribution >= 0.6 is 0 Å². The van der Waals surface area contributed by atoms with E-state index >= 15 is 0 Å². The lowest BCUT2D eigenvalue weighted by atomic mass is 9.82. The molecule has 0 aliphatic heterocycles. The number of carbonyl (C=O) groups excluding carboxylic acids is 1. The van der Waals surface area contributed by atoms with Crippen molar-refractivity contribution in [1.29, 1.82) is 0 Å². The number of nitrogens with one attached hydrogen (secondary N) is 2. The Morgan fingerprint density at radius 1 is 1.32 bits per heavy atom. The minimum Gasteiger partial charge on any atom is -0.354 e. The summed E-state index contributed by atoms with van der Waals surface area (Å²) in [5.74, 6) is 0.224. The highest BCUT2D eigenvalue weighted by Gasteiger charge is 2.25. The van der Waals surface area contributed by atoms with E-state index in [-0.39, 0.29) is 11.8 Å². The van der Waals surface area contributed by atoms with Gasteiger partial charge >= 0.3 is 0 Å². The van der Waals surface area contributed by atoms with E-state index in [1.165, 1.54) is 11.1 Å². The van der Waals surface area contributed by atoms with Crippen molar-refractivity contribution < 1.29 is 4.79 Å². The number of amides is 1. The molecule has 1 unspecified atom stereocenters. The van der Waals surface area contributed by atoms with Gasteiger partial charge < -0.3 is 10.6 Å². The summed E-state index contributed by atoms with van der Waals surface area (Å²) in [5.41, 5.74) is 2.57. The summed E-state index contributed by atoms with van der Waals surface area (Å²) in [7, 11) is 0. The Balaban J connectivity index is 1.90. The molecule has 2 rings (SSSR count). The Kier molecular flexibility index (Phi) is 4.97. The molecule has 0 radical (unpaired) electrons. The second kappa shape index (κ2) is 6.71. The average molecular weight is 260 g/mol. The van der Waals surface area contributed by atoms with Gasteiger partial charge in [0.15, 0.2) is 0 Å². The van der Waals surface area contributed by atoms with Crippen LogP contribution in [-0.4, -0.2) is 25.0 Å². The maximum absolute atomic E-state index is 12.3. The summed E-state index contributed by atoms with van der Waals surface area (Å²) in [5, 5.41) is 6.36. The van der Waals surface area contributed by atoms with Gasteiger partial charge in [0.1, 0.15) is 0 Å². The van der Waals surface area contributed by atoms with Crippen molar-refractivity contribution in [3.05, 3.63) is 35.4 Å². The zero-order valence-electron chi connectivity index (χ0n) is 11.9. The van der Waals surface area contributed by atoms with Gasteiger partial charge in [0.05, 0.1) is 5.92 Å². The first kappa shape index (κ1) is 14.1. The fraction of sp³-hybridized carbons (Fsp3) is 0.562. The van der Waals surface area contributed by atoms with Crippen LogP contribution in [0.3, 0.4) is 0 Å². The molecule has 3 heteroatoms. The van der Waals surface area contributed by atoms with Crippen molar-refractivity contribution in [2.75, 3.05) is 13.1 Å². The predicted molar refractivity (Wildman–Crippen MR) is 78.3 cm³/mol. The van der Waals surface area contributed by atoms with Crippen molar-refractivity contribution >= 4 is 5.91 Å². The van der Waals surface area contributed by atoms with Crippen LogP contribution in [0.1, 0.15) is 43.7 Å². The number of fused-ring (bicyclic) bond motifs is 1. The molecule has 1 aliphatic carbocycles. The molecular weight excluding hydrogens is 236 g/mol. The topological polar surface area (TPSA) is 41.1 Å². The summed E-state index contributed by atoms with van der Waals surface area (Å²) in [6.45, 7) is 5.76. The van der Waals surface area contributed by atoms with Gasteiger partial charge in [-0.2, -0.15) is 0 Å². The smallest absolute Gasteiger partial charge is 0.227 e. The third-order valence-corrected chi connectivity index (χ3v) is 3.66. The molecule has 0 spiro atoms. The summed E-state index contributed by atoms with van der Waals surface area (Å²) < 4.78 is 0.